The second-order valence-electron chi connectivity index (χ2n) is 6.84. The fourth-order valence-corrected chi connectivity index (χ4v) is 3.48. The molecule has 1 aliphatic rings. The van der Waals surface area contributed by atoms with Crippen LogP contribution in [-0.4, -0.2) is 42.0 Å². The monoisotopic (exact) mass is 362 g/mol. The summed E-state index contributed by atoms with van der Waals surface area (Å²) in [4.78, 5) is 31.3. The van der Waals surface area contributed by atoms with Gasteiger partial charge in [0.05, 0.1) is 6.42 Å². The van der Waals surface area contributed by atoms with Gasteiger partial charge in [-0.1, -0.05) is 18.2 Å². The quantitative estimate of drug-likeness (QED) is 0.744. The van der Waals surface area contributed by atoms with Crippen molar-refractivity contribution < 1.29 is 9.59 Å². The first-order chi connectivity index (χ1) is 13.1. The lowest BCUT2D eigenvalue weighted by Gasteiger charge is -2.33. The topological polar surface area (TPSA) is 68.4 Å². The fourth-order valence-electron chi connectivity index (χ4n) is 3.48. The van der Waals surface area contributed by atoms with Crippen LogP contribution in [0.2, 0.25) is 0 Å². The van der Waals surface area contributed by atoms with Crippen molar-refractivity contribution in [3.63, 3.8) is 0 Å². The van der Waals surface area contributed by atoms with Crippen LogP contribution in [-0.2, 0) is 11.2 Å². The van der Waals surface area contributed by atoms with E-state index in [9.17, 15) is 9.59 Å². The molecule has 0 radical (unpaired) electrons. The SMILES string of the molecule is CN1CCCN(c2ccc(NC(=O)Cc3c[nH]c4ccccc34)cc2)C1=O. The first-order valence-corrected chi connectivity index (χ1v) is 9.09. The number of aromatic nitrogens is 1. The number of nitrogens with one attached hydrogen (secondary N) is 2. The second-order valence-corrected chi connectivity index (χ2v) is 6.84. The van der Waals surface area contributed by atoms with Crippen LogP contribution in [0.4, 0.5) is 16.2 Å². The van der Waals surface area contributed by atoms with Crippen molar-refractivity contribution in [2.45, 2.75) is 12.8 Å². The molecule has 3 amide bonds. The third kappa shape index (κ3) is 3.51. The van der Waals surface area contributed by atoms with E-state index < -0.39 is 0 Å². The van der Waals surface area contributed by atoms with E-state index in [1.54, 1.807) is 9.80 Å². The van der Waals surface area contributed by atoms with Crippen molar-refractivity contribution in [1.82, 2.24) is 9.88 Å². The van der Waals surface area contributed by atoms with E-state index in [2.05, 4.69) is 10.3 Å². The van der Waals surface area contributed by atoms with Gasteiger partial charge >= 0.3 is 6.03 Å². The predicted molar refractivity (Wildman–Crippen MR) is 107 cm³/mol. The molecule has 1 aromatic heterocycles. The average Bonchev–Trinajstić information content (AvgIpc) is 3.08. The van der Waals surface area contributed by atoms with Crippen LogP contribution >= 0.6 is 0 Å². The predicted octanol–water partition coefficient (Wildman–Crippen LogP) is 3.61. The highest BCUT2D eigenvalue weighted by Crippen LogP contribution is 2.22. The third-order valence-electron chi connectivity index (χ3n) is 4.92. The Balaban J connectivity index is 1.42. The van der Waals surface area contributed by atoms with Crippen molar-refractivity contribution in [3.8, 4) is 0 Å². The summed E-state index contributed by atoms with van der Waals surface area (Å²) in [6.45, 7) is 1.51. The van der Waals surface area contributed by atoms with Gasteiger partial charge in [0.2, 0.25) is 5.91 Å². The number of aromatic amines is 1. The summed E-state index contributed by atoms with van der Waals surface area (Å²) in [7, 11) is 1.81. The Bertz CT molecular complexity index is 977. The Kier molecular flexibility index (Phi) is 4.54. The molecule has 138 valence electrons. The molecule has 1 aliphatic heterocycles. The van der Waals surface area contributed by atoms with Crippen LogP contribution < -0.4 is 10.2 Å². The zero-order valence-electron chi connectivity index (χ0n) is 15.2. The van der Waals surface area contributed by atoms with E-state index in [1.807, 2.05) is 61.8 Å². The lowest BCUT2D eigenvalue weighted by atomic mass is 10.1. The maximum atomic E-state index is 12.4. The minimum atomic E-state index is -0.0683. The van der Waals surface area contributed by atoms with Gasteiger partial charge in [-0.05, 0) is 42.3 Å². The van der Waals surface area contributed by atoms with Crippen LogP contribution in [0.25, 0.3) is 10.9 Å². The molecule has 0 bridgehead atoms. The maximum Gasteiger partial charge on any atom is 0.324 e. The number of carbonyl (C=O) groups excluding carboxylic acids is 2. The number of urea groups is 1. The number of hydrogen-bond donors (Lipinski definition) is 2. The summed E-state index contributed by atoms with van der Waals surface area (Å²) in [5.74, 6) is -0.0683. The summed E-state index contributed by atoms with van der Waals surface area (Å²) in [6.07, 6.45) is 3.14. The van der Waals surface area contributed by atoms with Crippen LogP contribution in [0.5, 0.6) is 0 Å². The average molecular weight is 362 g/mol. The second kappa shape index (κ2) is 7.15. The van der Waals surface area contributed by atoms with Gasteiger partial charge in [0, 0.05) is 48.6 Å². The number of nitrogens with zero attached hydrogens (tertiary/aromatic N) is 2. The maximum absolute atomic E-state index is 12.4. The molecule has 4 rings (SSSR count). The van der Waals surface area contributed by atoms with Gasteiger partial charge in [0.15, 0.2) is 0 Å². The number of rotatable bonds is 4. The number of hydrogen-bond acceptors (Lipinski definition) is 2. The summed E-state index contributed by atoms with van der Waals surface area (Å²) >= 11 is 0. The van der Waals surface area contributed by atoms with E-state index >= 15 is 0 Å². The van der Waals surface area contributed by atoms with E-state index in [0.717, 1.165) is 47.4 Å². The minimum absolute atomic E-state index is 0.0115. The molecular formula is C21H22N4O2. The summed E-state index contributed by atoms with van der Waals surface area (Å²) in [6, 6.07) is 15.4. The highest BCUT2D eigenvalue weighted by Gasteiger charge is 2.23. The van der Waals surface area contributed by atoms with Crippen LogP contribution in [0, 0.1) is 0 Å². The number of fused-ring (bicyclic) bond motifs is 1. The molecule has 6 nitrogen and oxygen atoms in total. The Morgan fingerprint density at radius 2 is 1.89 bits per heavy atom. The third-order valence-corrected chi connectivity index (χ3v) is 4.92. The zero-order valence-corrected chi connectivity index (χ0v) is 15.2. The Labute approximate surface area is 157 Å². The van der Waals surface area contributed by atoms with Gasteiger partial charge in [-0.25, -0.2) is 4.79 Å². The molecule has 2 N–H and O–H groups in total. The highest BCUT2D eigenvalue weighted by atomic mass is 16.2. The molecule has 2 aromatic carbocycles. The first-order valence-electron chi connectivity index (χ1n) is 9.09. The standard InChI is InChI=1S/C21H22N4O2/c1-24-11-4-12-25(21(24)27)17-9-7-16(8-10-17)23-20(26)13-15-14-22-19-6-3-2-5-18(15)19/h2-3,5-10,14,22H,4,11-13H2,1H3,(H,23,26). The number of anilines is 2. The van der Waals surface area contributed by atoms with Crippen molar-refractivity contribution in [2.24, 2.45) is 0 Å². The van der Waals surface area contributed by atoms with E-state index in [1.165, 1.54) is 0 Å². The molecular weight excluding hydrogens is 340 g/mol. The van der Waals surface area contributed by atoms with Crippen molar-refractivity contribution in [1.29, 1.82) is 0 Å². The molecule has 1 saturated heterocycles. The van der Waals surface area contributed by atoms with Crippen molar-refractivity contribution in [2.75, 3.05) is 30.4 Å². The van der Waals surface area contributed by atoms with Gasteiger partial charge < -0.3 is 15.2 Å². The molecule has 0 spiro atoms. The van der Waals surface area contributed by atoms with Crippen LogP contribution in [0.3, 0.4) is 0 Å². The number of carbonyl (C=O) groups is 2. The summed E-state index contributed by atoms with van der Waals surface area (Å²) in [5.41, 5.74) is 3.57. The van der Waals surface area contributed by atoms with Crippen molar-refractivity contribution >= 4 is 34.2 Å². The van der Waals surface area contributed by atoms with Gasteiger partial charge in [0.25, 0.3) is 0 Å². The molecule has 27 heavy (non-hydrogen) atoms. The van der Waals surface area contributed by atoms with Gasteiger partial charge in [0.1, 0.15) is 0 Å². The lowest BCUT2D eigenvalue weighted by Crippen LogP contribution is -2.47. The smallest absolute Gasteiger partial charge is 0.324 e. The molecule has 6 heteroatoms. The Morgan fingerprint density at radius 3 is 2.70 bits per heavy atom. The summed E-state index contributed by atoms with van der Waals surface area (Å²) < 4.78 is 0. The number of para-hydroxylation sites is 1. The molecule has 0 saturated carbocycles. The van der Waals surface area contributed by atoms with Gasteiger partial charge in [-0.2, -0.15) is 0 Å². The van der Waals surface area contributed by atoms with E-state index in [-0.39, 0.29) is 11.9 Å². The molecule has 0 unspecified atom stereocenters. The van der Waals surface area contributed by atoms with Crippen LogP contribution in [0.15, 0.2) is 54.7 Å². The number of amides is 3. The lowest BCUT2D eigenvalue weighted by molar-refractivity contribution is -0.115. The zero-order chi connectivity index (χ0) is 18.8. The van der Waals surface area contributed by atoms with Gasteiger partial charge in [-0.15, -0.1) is 0 Å². The normalized spacial score (nSPS) is 14.6. The largest absolute Gasteiger partial charge is 0.361 e. The Morgan fingerprint density at radius 1 is 1.11 bits per heavy atom. The van der Waals surface area contributed by atoms with Crippen LogP contribution in [0.1, 0.15) is 12.0 Å². The van der Waals surface area contributed by atoms with Crippen molar-refractivity contribution in [3.05, 3.63) is 60.3 Å². The molecule has 2 heterocycles. The molecule has 0 atom stereocenters. The summed E-state index contributed by atoms with van der Waals surface area (Å²) in [5, 5.41) is 3.99. The Hall–Kier alpha value is -3.28. The first kappa shape index (κ1) is 17.1. The fraction of sp³-hybridized carbons (Fsp3) is 0.238. The highest BCUT2D eigenvalue weighted by molar-refractivity contribution is 5.96. The minimum Gasteiger partial charge on any atom is -0.361 e. The van der Waals surface area contributed by atoms with Gasteiger partial charge in [-0.3, -0.25) is 9.69 Å². The number of H-pyrrole nitrogens is 1. The van der Waals surface area contributed by atoms with E-state index in [4.69, 9.17) is 0 Å². The molecule has 0 aliphatic carbocycles. The molecule has 3 aromatic rings. The number of benzene rings is 2. The molecule has 1 fully saturated rings. The van der Waals surface area contributed by atoms with E-state index in [0.29, 0.717) is 6.42 Å².